The van der Waals surface area contributed by atoms with Gasteiger partial charge in [-0.1, -0.05) is 24.3 Å². The molecule has 1 heterocycles. The fourth-order valence-electron chi connectivity index (χ4n) is 3.55. The Morgan fingerprint density at radius 2 is 1.84 bits per heavy atom. The van der Waals surface area contributed by atoms with Gasteiger partial charge in [0.1, 0.15) is 5.58 Å². The molecule has 7 nitrogen and oxygen atoms in total. The second-order valence-corrected chi connectivity index (χ2v) is 7.42. The van der Waals surface area contributed by atoms with Gasteiger partial charge in [-0.2, -0.15) is 5.26 Å². The first-order valence-electron chi connectivity index (χ1n) is 10.5. The number of benzene rings is 2. The number of nitriles is 1. The van der Waals surface area contributed by atoms with Crippen LogP contribution < -0.4 is 4.90 Å². The highest BCUT2D eigenvalue weighted by atomic mass is 16.5. The van der Waals surface area contributed by atoms with Crippen LogP contribution >= 0.6 is 0 Å². The number of carbonyl (C=O) groups excluding carboxylic acids is 2. The molecular formula is C25H26N2O5. The fourth-order valence-corrected chi connectivity index (χ4v) is 3.55. The Balaban J connectivity index is 1.79. The normalized spacial score (nSPS) is 10.7. The number of nitrogens with zero attached hydrogens (tertiary/aromatic N) is 2. The zero-order valence-electron chi connectivity index (χ0n) is 18.5. The minimum atomic E-state index is -0.732. The van der Waals surface area contributed by atoms with E-state index >= 15 is 0 Å². The Morgan fingerprint density at radius 1 is 1.12 bits per heavy atom. The molecule has 0 spiro atoms. The first-order chi connectivity index (χ1) is 15.4. The maximum Gasteiger partial charge on any atom is 0.375 e. The molecule has 0 bridgehead atoms. The summed E-state index contributed by atoms with van der Waals surface area (Å²) in [6.45, 7) is 6.15. The van der Waals surface area contributed by atoms with E-state index in [1.165, 1.54) is 4.90 Å². The molecule has 32 heavy (non-hydrogen) atoms. The topological polar surface area (TPSA) is 92.8 Å². The number of para-hydroxylation sites is 1. The second-order valence-electron chi connectivity index (χ2n) is 7.42. The van der Waals surface area contributed by atoms with E-state index in [0.29, 0.717) is 23.4 Å². The number of hydrogen-bond acceptors (Lipinski definition) is 6. The highest BCUT2D eigenvalue weighted by Crippen LogP contribution is 2.27. The summed E-state index contributed by atoms with van der Waals surface area (Å²) >= 11 is 0. The molecule has 1 aromatic heterocycles. The molecular weight excluding hydrogens is 408 g/mol. The van der Waals surface area contributed by atoms with Crippen LogP contribution in [0.25, 0.3) is 11.0 Å². The number of amides is 1. The number of anilines is 1. The summed E-state index contributed by atoms with van der Waals surface area (Å²) in [6.07, 6.45) is 0.161. The molecule has 0 aliphatic rings. The number of aryl methyl sites for hydroxylation is 2. The lowest BCUT2D eigenvalue weighted by Crippen LogP contribution is -2.35. The average molecular weight is 434 g/mol. The number of furan rings is 1. The molecule has 0 saturated heterocycles. The Bertz CT molecular complexity index is 1140. The summed E-state index contributed by atoms with van der Waals surface area (Å²) in [7, 11) is 0. The van der Waals surface area contributed by atoms with Crippen LogP contribution in [0.15, 0.2) is 46.9 Å². The Hall–Kier alpha value is -3.63. The van der Waals surface area contributed by atoms with Gasteiger partial charge in [0, 0.05) is 29.8 Å². The highest BCUT2D eigenvalue weighted by molar-refractivity contribution is 5.99. The molecule has 0 atom stereocenters. The van der Waals surface area contributed by atoms with Crippen molar-refractivity contribution in [2.24, 2.45) is 0 Å². The van der Waals surface area contributed by atoms with Gasteiger partial charge in [-0.15, -0.1) is 0 Å². The molecule has 166 valence electrons. The summed E-state index contributed by atoms with van der Waals surface area (Å²) in [5.41, 5.74) is 3.80. The quantitative estimate of drug-likeness (QED) is 0.454. The maximum atomic E-state index is 12.9. The van der Waals surface area contributed by atoms with E-state index in [4.69, 9.17) is 19.2 Å². The van der Waals surface area contributed by atoms with Crippen LogP contribution in [-0.4, -0.2) is 31.6 Å². The molecule has 2 aromatic carbocycles. The van der Waals surface area contributed by atoms with E-state index in [-0.39, 0.29) is 25.3 Å². The van der Waals surface area contributed by atoms with Gasteiger partial charge >= 0.3 is 5.97 Å². The smallest absolute Gasteiger partial charge is 0.375 e. The van der Waals surface area contributed by atoms with Crippen molar-refractivity contribution in [1.82, 2.24) is 0 Å². The molecule has 1 amide bonds. The van der Waals surface area contributed by atoms with E-state index in [1.54, 1.807) is 6.07 Å². The van der Waals surface area contributed by atoms with Crippen LogP contribution in [0.1, 0.15) is 40.6 Å². The minimum absolute atomic E-state index is 0.0300. The summed E-state index contributed by atoms with van der Waals surface area (Å²) in [6, 6.07) is 15.0. The average Bonchev–Trinajstić information content (AvgIpc) is 3.14. The summed E-state index contributed by atoms with van der Waals surface area (Å²) in [5, 5.41) is 9.76. The van der Waals surface area contributed by atoms with Crippen molar-refractivity contribution in [2.45, 2.75) is 33.8 Å². The van der Waals surface area contributed by atoms with E-state index in [2.05, 4.69) is 6.07 Å². The third kappa shape index (κ3) is 5.34. The number of hydrogen-bond donors (Lipinski definition) is 0. The van der Waals surface area contributed by atoms with Crippen molar-refractivity contribution in [3.63, 3.8) is 0 Å². The fraction of sp³-hybridized carbons (Fsp3) is 0.320. The standard InChI is InChI=1S/C25H26N2O5/c1-4-30-15-21-20-8-5-6-9-22(20)32-24(21)25(29)31-16-23(28)27(11-7-10-26)19-13-17(2)12-18(3)14-19/h5-6,8-9,12-14H,4,7,11,15-16H2,1-3H3. The predicted octanol–water partition coefficient (Wildman–Crippen LogP) is 4.69. The number of ether oxygens (including phenoxy) is 2. The number of fused-ring (bicyclic) bond motifs is 1. The first kappa shape index (κ1) is 23.0. The van der Waals surface area contributed by atoms with Gasteiger partial charge in [0.15, 0.2) is 6.61 Å². The lowest BCUT2D eigenvalue weighted by atomic mass is 10.1. The van der Waals surface area contributed by atoms with Crippen molar-refractivity contribution in [3.8, 4) is 6.07 Å². The summed E-state index contributed by atoms with van der Waals surface area (Å²) in [5.74, 6) is -1.12. The molecule has 0 fully saturated rings. The van der Waals surface area contributed by atoms with Gasteiger partial charge in [-0.25, -0.2) is 4.79 Å². The molecule has 3 rings (SSSR count). The third-order valence-electron chi connectivity index (χ3n) is 4.93. The second kappa shape index (κ2) is 10.6. The number of esters is 1. The van der Waals surface area contributed by atoms with E-state index in [0.717, 1.165) is 16.5 Å². The van der Waals surface area contributed by atoms with Gasteiger partial charge in [-0.05, 0) is 50.1 Å². The molecule has 3 aromatic rings. The van der Waals surface area contributed by atoms with Crippen LogP contribution in [-0.2, 0) is 20.9 Å². The lowest BCUT2D eigenvalue weighted by Gasteiger charge is -2.22. The van der Waals surface area contributed by atoms with Crippen LogP contribution in [0.5, 0.6) is 0 Å². The van der Waals surface area contributed by atoms with Gasteiger partial charge in [-0.3, -0.25) is 4.79 Å². The number of rotatable bonds is 9. The first-order valence-corrected chi connectivity index (χ1v) is 10.5. The van der Waals surface area contributed by atoms with E-state index in [1.807, 2.05) is 57.2 Å². The Labute approximate surface area is 187 Å². The highest BCUT2D eigenvalue weighted by Gasteiger charge is 2.24. The van der Waals surface area contributed by atoms with E-state index < -0.39 is 18.5 Å². The predicted molar refractivity (Wildman–Crippen MR) is 120 cm³/mol. The molecule has 0 N–H and O–H groups in total. The lowest BCUT2D eigenvalue weighted by molar-refractivity contribution is -0.121. The van der Waals surface area contributed by atoms with Gasteiger partial charge in [0.05, 0.1) is 19.1 Å². The van der Waals surface area contributed by atoms with Gasteiger partial charge in [0.2, 0.25) is 5.76 Å². The van der Waals surface area contributed by atoms with E-state index in [9.17, 15) is 9.59 Å². The molecule has 0 radical (unpaired) electrons. The maximum absolute atomic E-state index is 12.9. The zero-order chi connectivity index (χ0) is 23.1. The van der Waals surface area contributed by atoms with Crippen LogP contribution in [0.2, 0.25) is 0 Å². The zero-order valence-corrected chi connectivity index (χ0v) is 18.5. The minimum Gasteiger partial charge on any atom is -0.450 e. The Kier molecular flexibility index (Phi) is 7.63. The van der Waals surface area contributed by atoms with Crippen molar-refractivity contribution >= 4 is 28.5 Å². The third-order valence-corrected chi connectivity index (χ3v) is 4.93. The summed E-state index contributed by atoms with van der Waals surface area (Å²) in [4.78, 5) is 27.2. The molecule has 0 aliphatic carbocycles. The van der Waals surface area contributed by atoms with Crippen molar-refractivity contribution in [1.29, 1.82) is 5.26 Å². The van der Waals surface area contributed by atoms with Crippen LogP contribution in [0, 0.1) is 25.2 Å². The molecule has 0 saturated carbocycles. The van der Waals surface area contributed by atoms with Crippen LogP contribution in [0.4, 0.5) is 5.69 Å². The largest absolute Gasteiger partial charge is 0.450 e. The van der Waals surface area contributed by atoms with Crippen molar-refractivity contribution < 1.29 is 23.5 Å². The SMILES string of the molecule is CCOCc1c(C(=O)OCC(=O)N(CCC#N)c2cc(C)cc(C)c2)oc2ccccc12. The summed E-state index contributed by atoms with van der Waals surface area (Å²) < 4.78 is 16.5. The van der Waals surface area contributed by atoms with Gasteiger partial charge in [0.25, 0.3) is 5.91 Å². The molecule has 0 aliphatic heterocycles. The Morgan fingerprint density at radius 3 is 2.53 bits per heavy atom. The molecule has 7 heteroatoms. The van der Waals surface area contributed by atoms with Crippen molar-refractivity contribution in [2.75, 3.05) is 24.7 Å². The number of carbonyl (C=O) groups is 2. The monoisotopic (exact) mass is 434 g/mol. The molecule has 0 unspecified atom stereocenters. The van der Waals surface area contributed by atoms with Crippen LogP contribution in [0.3, 0.4) is 0 Å². The van der Waals surface area contributed by atoms with Gasteiger partial charge < -0.3 is 18.8 Å². The van der Waals surface area contributed by atoms with Crippen molar-refractivity contribution in [3.05, 3.63) is 64.9 Å².